The van der Waals surface area contributed by atoms with Crippen LogP contribution in [-0.4, -0.2) is 24.0 Å². The van der Waals surface area contributed by atoms with Crippen LogP contribution in [0.5, 0.6) is 0 Å². The Hall–Kier alpha value is -3.48. The molecule has 0 aliphatic heterocycles. The SMILES string of the molecule is COC(=O)c1cccc(NC(=O)Cc2nc(-c3ccc(F)cc3)oc2C)c1. The number of anilines is 1. The summed E-state index contributed by atoms with van der Waals surface area (Å²) in [6, 6.07) is 12.2. The molecular weight excluding hydrogens is 351 g/mol. The van der Waals surface area contributed by atoms with E-state index in [0.717, 1.165) is 0 Å². The maximum absolute atomic E-state index is 13.0. The fourth-order valence-electron chi connectivity index (χ4n) is 2.51. The monoisotopic (exact) mass is 368 g/mol. The fraction of sp³-hybridized carbons (Fsp3) is 0.150. The van der Waals surface area contributed by atoms with Crippen LogP contribution in [0.1, 0.15) is 21.8 Å². The number of ether oxygens (including phenoxy) is 1. The lowest BCUT2D eigenvalue weighted by Crippen LogP contribution is -2.15. The maximum atomic E-state index is 13.0. The Bertz CT molecular complexity index is 980. The number of nitrogens with zero attached hydrogens (tertiary/aromatic N) is 1. The molecule has 3 rings (SSSR count). The molecule has 0 atom stereocenters. The lowest BCUT2D eigenvalue weighted by molar-refractivity contribution is -0.115. The Balaban J connectivity index is 1.71. The molecular formula is C20H17FN2O4. The van der Waals surface area contributed by atoms with Crippen molar-refractivity contribution in [2.24, 2.45) is 0 Å². The summed E-state index contributed by atoms with van der Waals surface area (Å²) in [6.07, 6.45) is -0.00101. The third-order valence-electron chi connectivity index (χ3n) is 3.88. The van der Waals surface area contributed by atoms with Gasteiger partial charge in [0.05, 0.1) is 24.8 Å². The van der Waals surface area contributed by atoms with Crippen molar-refractivity contribution < 1.29 is 23.1 Å². The van der Waals surface area contributed by atoms with Gasteiger partial charge in [-0.2, -0.15) is 0 Å². The van der Waals surface area contributed by atoms with E-state index < -0.39 is 5.97 Å². The number of halogens is 1. The zero-order valence-electron chi connectivity index (χ0n) is 14.8. The number of rotatable bonds is 5. The molecule has 0 spiro atoms. The third-order valence-corrected chi connectivity index (χ3v) is 3.88. The molecule has 0 bridgehead atoms. The number of esters is 1. The van der Waals surface area contributed by atoms with E-state index >= 15 is 0 Å². The van der Waals surface area contributed by atoms with Crippen LogP contribution in [0.15, 0.2) is 52.9 Å². The average molecular weight is 368 g/mol. The molecule has 0 saturated carbocycles. The van der Waals surface area contributed by atoms with Crippen molar-refractivity contribution in [1.82, 2.24) is 4.98 Å². The molecule has 0 radical (unpaired) electrons. The molecule has 1 amide bonds. The molecule has 0 fully saturated rings. The van der Waals surface area contributed by atoms with Gasteiger partial charge < -0.3 is 14.5 Å². The van der Waals surface area contributed by atoms with E-state index in [9.17, 15) is 14.0 Å². The van der Waals surface area contributed by atoms with Crippen molar-refractivity contribution >= 4 is 17.6 Å². The highest BCUT2D eigenvalue weighted by molar-refractivity contribution is 5.95. The zero-order chi connectivity index (χ0) is 19.4. The van der Waals surface area contributed by atoms with Crippen molar-refractivity contribution in [2.75, 3.05) is 12.4 Å². The van der Waals surface area contributed by atoms with Crippen LogP contribution in [-0.2, 0) is 16.0 Å². The number of hydrogen-bond donors (Lipinski definition) is 1. The molecule has 6 nitrogen and oxygen atoms in total. The number of methoxy groups -OCH3 is 1. The van der Waals surface area contributed by atoms with Gasteiger partial charge in [0.1, 0.15) is 11.6 Å². The Kier molecular flexibility index (Phi) is 5.30. The van der Waals surface area contributed by atoms with Crippen LogP contribution in [0.25, 0.3) is 11.5 Å². The summed E-state index contributed by atoms with van der Waals surface area (Å²) >= 11 is 0. The number of nitrogens with one attached hydrogen (secondary N) is 1. The smallest absolute Gasteiger partial charge is 0.337 e. The largest absolute Gasteiger partial charge is 0.465 e. The van der Waals surface area contributed by atoms with Crippen LogP contribution >= 0.6 is 0 Å². The Labute approximate surface area is 155 Å². The molecule has 1 aromatic heterocycles. The molecule has 3 aromatic rings. The van der Waals surface area contributed by atoms with Crippen molar-refractivity contribution in [1.29, 1.82) is 0 Å². The van der Waals surface area contributed by atoms with Crippen LogP contribution < -0.4 is 5.32 Å². The van der Waals surface area contributed by atoms with E-state index in [4.69, 9.17) is 4.42 Å². The summed E-state index contributed by atoms with van der Waals surface area (Å²) in [5, 5.41) is 2.72. The lowest BCUT2D eigenvalue weighted by Gasteiger charge is -2.06. The van der Waals surface area contributed by atoms with E-state index in [0.29, 0.717) is 34.2 Å². The van der Waals surface area contributed by atoms with E-state index in [1.54, 1.807) is 37.3 Å². The molecule has 0 aliphatic rings. The first-order valence-electron chi connectivity index (χ1n) is 8.16. The van der Waals surface area contributed by atoms with E-state index in [1.165, 1.54) is 25.3 Å². The number of carbonyl (C=O) groups is 2. The van der Waals surface area contributed by atoms with Crippen LogP contribution in [0.2, 0.25) is 0 Å². The first kappa shape index (κ1) is 18.3. The van der Waals surface area contributed by atoms with Gasteiger partial charge in [-0.25, -0.2) is 14.2 Å². The molecule has 2 aromatic carbocycles. The van der Waals surface area contributed by atoms with Gasteiger partial charge in [0.2, 0.25) is 11.8 Å². The van der Waals surface area contributed by atoms with Crippen LogP contribution in [0, 0.1) is 12.7 Å². The predicted octanol–water partition coefficient (Wildman–Crippen LogP) is 3.76. The second-order valence-corrected chi connectivity index (χ2v) is 5.83. The quantitative estimate of drug-likeness (QED) is 0.694. The fourth-order valence-corrected chi connectivity index (χ4v) is 2.51. The number of benzene rings is 2. The number of aromatic nitrogens is 1. The van der Waals surface area contributed by atoms with Gasteiger partial charge >= 0.3 is 5.97 Å². The van der Waals surface area contributed by atoms with Crippen molar-refractivity contribution in [3.63, 3.8) is 0 Å². The molecule has 1 heterocycles. The second-order valence-electron chi connectivity index (χ2n) is 5.83. The van der Waals surface area contributed by atoms with Crippen molar-refractivity contribution in [2.45, 2.75) is 13.3 Å². The van der Waals surface area contributed by atoms with Gasteiger partial charge in [-0.05, 0) is 49.4 Å². The molecule has 1 N–H and O–H groups in total. The highest BCUT2D eigenvalue weighted by Crippen LogP contribution is 2.22. The highest BCUT2D eigenvalue weighted by atomic mass is 19.1. The molecule has 0 aliphatic carbocycles. The second kappa shape index (κ2) is 7.82. The van der Waals surface area contributed by atoms with E-state index in [2.05, 4.69) is 15.0 Å². The predicted molar refractivity (Wildman–Crippen MR) is 96.7 cm³/mol. The summed E-state index contributed by atoms with van der Waals surface area (Å²) in [7, 11) is 1.29. The topological polar surface area (TPSA) is 81.4 Å². The van der Waals surface area contributed by atoms with Crippen molar-refractivity contribution in [3.05, 3.63) is 71.4 Å². The van der Waals surface area contributed by atoms with Gasteiger partial charge in [-0.1, -0.05) is 6.07 Å². The molecule has 7 heteroatoms. The van der Waals surface area contributed by atoms with Gasteiger partial charge in [-0.3, -0.25) is 4.79 Å². The summed E-state index contributed by atoms with van der Waals surface area (Å²) in [5.74, 6) is -0.312. The first-order valence-corrected chi connectivity index (χ1v) is 8.16. The Morgan fingerprint density at radius 2 is 1.93 bits per heavy atom. The van der Waals surface area contributed by atoms with Gasteiger partial charge in [0, 0.05) is 11.3 Å². The van der Waals surface area contributed by atoms with Gasteiger partial charge in [0.25, 0.3) is 0 Å². The lowest BCUT2D eigenvalue weighted by atomic mass is 10.2. The maximum Gasteiger partial charge on any atom is 0.337 e. The molecule has 27 heavy (non-hydrogen) atoms. The highest BCUT2D eigenvalue weighted by Gasteiger charge is 2.15. The summed E-state index contributed by atoms with van der Waals surface area (Å²) in [4.78, 5) is 28.2. The van der Waals surface area contributed by atoms with E-state index in [-0.39, 0.29) is 18.1 Å². The minimum absolute atomic E-state index is 0.00101. The number of amides is 1. The number of carbonyl (C=O) groups excluding carboxylic acids is 2. The van der Waals surface area contributed by atoms with E-state index in [1.807, 2.05) is 0 Å². The van der Waals surface area contributed by atoms with Crippen LogP contribution in [0.3, 0.4) is 0 Å². The number of oxazole rings is 1. The van der Waals surface area contributed by atoms with Gasteiger partial charge in [-0.15, -0.1) is 0 Å². The summed E-state index contributed by atoms with van der Waals surface area (Å²) in [6.45, 7) is 1.71. The molecule has 138 valence electrons. The number of aryl methyl sites for hydroxylation is 1. The Morgan fingerprint density at radius 1 is 1.19 bits per heavy atom. The average Bonchev–Trinajstić information content (AvgIpc) is 3.02. The summed E-state index contributed by atoms with van der Waals surface area (Å²) < 4.78 is 23.3. The standard InChI is InChI=1S/C20H17FN2O4/c1-12-17(23-19(27-12)13-6-8-15(21)9-7-13)11-18(24)22-16-5-3-4-14(10-16)20(25)26-2/h3-10H,11H2,1-2H3,(H,22,24). The summed E-state index contributed by atoms with van der Waals surface area (Å²) in [5.41, 5.74) is 1.92. The molecule has 0 unspecified atom stereocenters. The molecule has 0 saturated heterocycles. The normalized spacial score (nSPS) is 10.5. The van der Waals surface area contributed by atoms with Gasteiger partial charge in [0.15, 0.2) is 0 Å². The first-order chi connectivity index (χ1) is 13.0. The minimum Gasteiger partial charge on any atom is -0.465 e. The minimum atomic E-state index is -0.484. The van der Waals surface area contributed by atoms with Crippen molar-refractivity contribution in [3.8, 4) is 11.5 Å². The van der Waals surface area contributed by atoms with Crippen LogP contribution in [0.4, 0.5) is 10.1 Å². The third kappa shape index (κ3) is 4.38. The number of hydrogen-bond acceptors (Lipinski definition) is 5. The Morgan fingerprint density at radius 3 is 2.63 bits per heavy atom. The zero-order valence-corrected chi connectivity index (χ0v) is 14.8.